The zero-order chi connectivity index (χ0) is 29.4. The van der Waals surface area contributed by atoms with Gasteiger partial charge < -0.3 is 18.6 Å². The Bertz CT molecular complexity index is 752. The molecule has 1 aliphatic heterocycles. The molecule has 1 saturated heterocycles. The Hall–Kier alpha value is -1.02. The fourth-order valence-corrected chi connectivity index (χ4v) is 9.61. The van der Waals surface area contributed by atoms with Gasteiger partial charge in [-0.05, 0) is 76.4 Å². The molecule has 1 aliphatic carbocycles. The lowest BCUT2D eigenvalue weighted by molar-refractivity contribution is -0.192. The Morgan fingerprint density at radius 1 is 1.05 bits per heavy atom. The summed E-state index contributed by atoms with van der Waals surface area (Å²) in [7, 11) is -0.317. The number of ether oxygens (including phenoxy) is 3. The van der Waals surface area contributed by atoms with Crippen LogP contribution in [0.2, 0.25) is 18.1 Å². The Kier molecular flexibility index (Phi) is 16.3. The van der Waals surface area contributed by atoms with Crippen LogP contribution in [-0.2, 0) is 28.2 Å². The first-order valence-electron chi connectivity index (χ1n) is 16.5. The van der Waals surface area contributed by atoms with Crippen molar-refractivity contribution in [2.75, 3.05) is 13.7 Å². The standard InChI is InChI=1S/C33H60O6Si/c1-7-11-23-33(5,39-40(8-2,9-3)10-4)24-18-20-28-29(38-31-22-16-17-25-37-31)26-27(32(28)35)19-14-12-13-15-21-30(34)36-6/h18,20,27-29,31H,7-17,19,21-26H2,1-6H3/t27-,28-,29-,31-,33+/m1/s1. The maximum atomic E-state index is 13.6. The maximum Gasteiger partial charge on any atom is 0.305 e. The van der Waals surface area contributed by atoms with Gasteiger partial charge in [-0.1, -0.05) is 72.0 Å². The lowest BCUT2D eigenvalue weighted by Gasteiger charge is -2.40. The largest absolute Gasteiger partial charge is 0.469 e. The number of esters is 1. The number of Topliss-reactive ketones (excluding diaryl/α,β-unsaturated/α-hetero) is 1. The predicted molar refractivity (Wildman–Crippen MR) is 165 cm³/mol. The van der Waals surface area contributed by atoms with Gasteiger partial charge in [0, 0.05) is 18.9 Å². The van der Waals surface area contributed by atoms with E-state index in [1.165, 1.54) is 7.11 Å². The van der Waals surface area contributed by atoms with Crippen molar-refractivity contribution in [2.45, 2.75) is 161 Å². The molecule has 2 rings (SSSR count). The highest BCUT2D eigenvalue weighted by atomic mass is 28.4. The lowest BCUT2D eigenvalue weighted by Crippen LogP contribution is -2.45. The van der Waals surface area contributed by atoms with Crippen molar-refractivity contribution < 1.29 is 28.2 Å². The predicted octanol–water partition coefficient (Wildman–Crippen LogP) is 8.53. The molecule has 2 fully saturated rings. The molecule has 1 saturated carbocycles. The zero-order valence-corrected chi connectivity index (χ0v) is 27.6. The van der Waals surface area contributed by atoms with Crippen molar-refractivity contribution in [1.82, 2.24) is 0 Å². The Morgan fingerprint density at radius 3 is 2.40 bits per heavy atom. The minimum atomic E-state index is -1.75. The summed E-state index contributed by atoms with van der Waals surface area (Å²) in [6.45, 7) is 12.2. The van der Waals surface area contributed by atoms with E-state index in [0.717, 1.165) is 108 Å². The molecule has 7 heteroatoms. The maximum absolute atomic E-state index is 13.6. The van der Waals surface area contributed by atoms with Crippen molar-refractivity contribution in [3.63, 3.8) is 0 Å². The van der Waals surface area contributed by atoms with E-state index in [1.54, 1.807) is 0 Å². The minimum Gasteiger partial charge on any atom is -0.469 e. The first-order valence-corrected chi connectivity index (χ1v) is 19.0. The third kappa shape index (κ3) is 11.3. The quantitative estimate of drug-likeness (QED) is 0.0622. The molecule has 0 aromatic heterocycles. The van der Waals surface area contributed by atoms with Crippen molar-refractivity contribution in [2.24, 2.45) is 11.8 Å². The summed E-state index contributed by atoms with van der Waals surface area (Å²) >= 11 is 0. The normalized spacial score (nSPS) is 25.4. The molecule has 2 aliphatic rings. The van der Waals surface area contributed by atoms with E-state index in [9.17, 15) is 9.59 Å². The first kappa shape index (κ1) is 35.2. The Labute approximate surface area is 246 Å². The number of rotatable bonds is 20. The highest BCUT2D eigenvalue weighted by Gasteiger charge is 2.43. The Balaban J connectivity index is 2.06. The fraction of sp³-hybridized carbons (Fsp3) is 0.879. The molecule has 0 radical (unpaired) electrons. The smallest absolute Gasteiger partial charge is 0.305 e. The topological polar surface area (TPSA) is 71.1 Å². The van der Waals surface area contributed by atoms with Crippen molar-refractivity contribution in [1.29, 1.82) is 0 Å². The summed E-state index contributed by atoms with van der Waals surface area (Å²) in [5, 5.41) is 0. The van der Waals surface area contributed by atoms with E-state index >= 15 is 0 Å². The molecule has 0 bridgehead atoms. The van der Waals surface area contributed by atoms with E-state index in [-0.39, 0.29) is 35.8 Å². The van der Waals surface area contributed by atoms with Gasteiger partial charge in [0.15, 0.2) is 14.6 Å². The summed E-state index contributed by atoms with van der Waals surface area (Å²) in [6.07, 6.45) is 17.4. The van der Waals surface area contributed by atoms with Gasteiger partial charge >= 0.3 is 5.97 Å². The zero-order valence-electron chi connectivity index (χ0n) is 26.6. The number of unbranched alkanes of at least 4 members (excludes halogenated alkanes) is 4. The minimum absolute atomic E-state index is 0.0342. The molecule has 5 atom stereocenters. The van der Waals surface area contributed by atoms with E-state index in [2.05, 4.69) is 46.8 Å². The van der Waals surface area contributed by atoms with E-state index in [4.69, 9.17) is 18.6 Å². The van der Waals surface area contributed by atoms with Crippen LogP contribution in [0.3, 0.4) is 0 Å². The number of methoxy groups -OCH3 is 1. The van der Waals surface area contributed by atoms with Crippen molar-refractivity contribution in [3.8, 4) is 0 Å². The summed E-state index contributed by atoms with van der Waals surface area (Å²) in [5.41, 5.74) is -0.186. The van der Waals surface area contributed by atoms with E-state index < -0.39 is 8.32 Å². The highest BCUT2D eigenvalue weighted by molar-refractivity contribution is 6.73. The molecule has 0 aromatic rings. The summed E-state index contributed by atoms with van der Waals surface area (Å²) in [5.74, 6) is -0.00117. The van der Waals surface area contributed by atoms with Crippen LogP contribution in [0.1, 0.15) is 125 Å². The molecular weight excluding hydrogens is 520 g/mol. The average Bonchev–Trinajstić information content (AvgIpc) is 3.26. The second-order valence-electron chi connectivity index (χ2n) is 12.4. The van der Waals surface area contributed by atoms with Gasteiger partial charge in [0.25, 0.3) is 0 Å². The summed E-state index contributed by atoms with van der Waals surface area (Å²) in [6, 6.07) is 3.44. The van der Waals surface area contributed by atoms with Gasteiger partial charge in [0.05, 0.1) is 24.7 Å². The van der Waals surface area contributed by atoms with Crippen LogP contribution < -0.4 is 0 Å². The SMILES string of the molecule is CCCC[C@@](C)(CC=C[C@H]1C(=O)[C@H](CCCCCCC(=O)OC)C[C@H]1O[C@@H]1CCCCO1)O[Si](CC)(CC)CC. The van der Waals surface area contributed by atoms with Crippen molar-refractivity contribution in [3.05, 3.63) is 12.2 Å². The molecule has 0 aromatic carbocycles. The van der Waals surface area contributed by atoms with Crippen LogP contribution in [0.5, 0.6) is 0 Å². The third-order valence-electron chi connectivity index (χ3n) is 9.37. The number of carbonyl (C=O) groups is 2. The van der Waals surface area contributed by atoms with Crippen LogP contribution in [0, 0.1) is 11.8 Å². The molecule has 0 N–H and O–H groups in total. The highest BCUT2D eigenvalue weighted by Crippen LogP contribution is 2.38. The lowest BCUT2D eigenvalue weighted by atomic mass is 9.93. The molecule has 0 amide bonds. The average molecular weight is 581 g/mol. The Morgan fingerprint density at radius 2 is 1.77 bits per heavy atom. The van der Waals surface area contributed by atoms with Crippen LogP contribution >= 0.6 is 0 Å². The van der Waals surface area contributed by atoms with Gasteiger partial charge in [0.1, 0.15) is 5.78 Å². The van der Waals surface area contributed by atoms with E-state index in [1.807, 2.05) is 0 Å². The first-order chi connectivity index (χ1) is 19.2. The van der Waals surface area contributed by atoms with Crippen molar-refractivity contribution >= 4 is 20.1 Å². The monoisotopic (exact) mass is 580 g/mol. The van der Waals surface area contributed by atoms with Crippen LogP contribution in [0.15, 0.2) is 12.2 Å². The van der Waals surface area contributed by atoms with Gasteiger partial charge in [-0.15, -0.1) is 0 Å². The number of hydrogen-bond acceptors (Lipinski definition) is 6. The third-order valence-corrected chi connectivity index (χ3v) is 14.2. The van der Waals surface area contributed by atoms with Crippen LogP contribution in [-0.4, -0.2) is 51.8 Å². The second-order valence-corrected chi connectivity index (χ2v) is 17.1. The fourth-order valence-electron chi connectivity index (χ4n) is 6.45. The van der Waals surface area contributed by atoms with Crippen LogP contribution in [0.25, 0.3) is 0 Å². The molecule has 1 heterocycles. The van der Waals surface area contributed by atoms with Gasteiger partial charge in [-0.2, -0.15) is 0 Å². The molecule has 232 valence electrons. The van der Waals surface area contributed by atoms with Crippen LogP contribution in [0.4, 0.5) is 0 Å². The van der Waals surface area contributed by atoms with Gasteiger partial charge in [0.2, 0.25) is 0 Å². The van der Waals surface area contributed by atoms with Gasteiger partial charge in [-0.3, -0.25) is 9.59 Å². The second kappa shape index (κ2) is 18.5. The number of ketones is 1. The molecular formula is C33H60O6Si. The molecule has 40 heavy (non-hydrogen) atoms. The number of hydrogen-bond donors (Lipinski definition) is 0. The number of carbonyl (C=O) groups excluding carboxylic acids is 2. The molecule has 0 unspecified atom stereocenters. The molecule has 6 nitrogen and oxygen atoms in total. The molecule has 0 spiro atoms. The van der Waals surface area contributed by atoms with Gasteiger partial charge in [-0.25, -0.2) is 0 Å². The summed E-state index contributed by atoms with van der Waals surface area (Å²) in [4.78, 5) is 25.0. The summed E-state index contributed by atoms with van der Waals surface area (Å²) < 4.78 is 24.2. The van der Waals surface area contributed by atoms with E-state index in [0.29, 0.717) is 12.2 Å².